The van der Waals surface area contributed by atoms with E-state index in [1.165, 1.54) is 4.90 Å². The van der Waals surface area contributed by atoms with Crippen molar-refractivity contribution in [2.24, 2.45) is 0 Å². The highest BCUT2D eigenvalue weighted by Gasteiger charge is 2.24. The lowest BCUT2D eigenvalue weighted by Gasteiger charge is -2.22. The molecule has 0 saturated carbocycles. The molecule has 7 nitrogen and oxygen atoms in total. The van der Waals surface area contributed by atoms with Crippen LogP contribution in [0.3, 0.4) is 0 Å². The van der Waals surface area contributed by atoms with Crippen molar-refractivity contribution in [2.75, 3.05) is 20.3 Å². The van der Waals surface area contributed by atoms with Crippen LogP contribution < -0.4 is 5.32 Å². The number of carboxylic acid groups (broad SMARTS) is 1. The van der Waals surface area contributed by atoms with Gasteiger partial charge in [0.1, 0.15) is 0 Å². The number of rotatable bonds is 3. The number of nitrogens with zero attached hydrogens (tertiary/aromatic N) is 1. The summed E-state index contributed by atoms with van der Waals surface area (Å²) in [5.41, 5.74) is 0. The summed E-state index contributed by atoms with van der Waals surface area (Å²) in [5.74, 6) is -2.01. The molecular weight excluding hydrogens is 228 g/mol. The Balaban J connectivity index is 2.42. The molecule has 0 aromatic rings. The highest BCUT2D eigenvalue weighted by molar-refractivity contribution is 6.02. The number of amides is 3. The Bertz CT molecular complexity index is 347. The van der Waals surface area contributed by atoms with E-state index in [2.05, 4.69) is 5.32 Å². The van der Waals surface area contributed by atoms with Gasteiger partial charge in [0.25, 0.3) is 5.91 Å². The summed E-state index contributed by atoms with van der Waals surface area (Å²) < 4.78 is 5.11. The Morgan fingerprint density at radius 2 is 2.12 bits per heavy atom. The van der Waals surface area contributed by atoms with Gasteiger partial charge in [-0.1, -0.05) is 0 Å². The Morgan fingerprint density at radius 3 is 2.65 bits per heavy atom. The molecule has 94 valence electrons. The number of aliphatic carboxylic acids is 1. The molecule has 0 bridgehead atoms. The number of hydrogen-bond donors (Lipinski definition) is 2. The van der Waals surface area contributed by atoms with E-state index in [0.717, 1.165) is 12.5 Å². The highest BCUT2D eigenvalue weighted by Crippen LogP contribution is 2.10. The molecule has 7 heteroatoms. The van der Waals surface area contributed by atoms with E-state index in [1.54, 1.807) is 7.05 Å². The quantitative estimate of drug-likeness (QED) is 0.655. The SMILES string of the molecule is CN(C(=O)NC(=O)/C=C/C(=O)O)C1CCOC1. The highest BCUT2D eigenvalue weighted by atomic mass is 16.5. The van der Waals surface area contributed by atoms with Gasteiger partial charge in [-0.05, 0) is 6.42 Å². The van der Waals surface area contributed by atoms with Crippen molar-refractivity contribution in [3.05, 3.63) is 12.2 Å². The summed E-state index contributed by atoms with van der Waals surface area (Å²) in [6, 6.07) is -0.619. The molecule has 0 spiro atoms. The Hall–Kier alpha value is -1.89. The predicted molar refractivity (Wildman–Crippen MR) is 57.3 cm³/mol. The van der Waals surface area contributed by atoms with Crippen molar-refractivity contribution in [2.45, 2.75) is 12.5 Å². The van der Waals surface area contributed by atoms with Gasteiger partial charge in [0.15, 0.2) is 0 Å². The molecule has 2 N–H and O–H groups in total. The van der Waals surface area contributed by atoms with Gasteiger partial charge in [0, 0.05) is 25.8 Å². The smallest absolute Gasteiger partial charge is 0.328 e. The summed E-state index contributed by atoms with van der Waals surface area (Å²) in [4.78, 5) is 34.2. The van der Waals surface area contributed by atoms with Crippen LogP contribution in [0.1, 0.15) is 6.42 Å². The molecule has 1 aliphatic heterocycles. The largest absolute Gasteiger partial charge is 0.478 e. The Labute approximate surface area is 98.0 Å². The third-order valence-corrected chi connectivity index (χ3v) is 2.38. The summed E-state index contributed by atoms with van der Waals surface area (Å²) >= 11 is 0. The van der Waals surface area contributed by atoms with E-state index in [9.17, 15) is 14.4 Å². The van der Waals surface area contributed by atoms with Crippen LogP contribution in [0.25, 0.3) is 0 Å². The van der Waals surface area contributed by atoms with Crippen molar-refractivity contribution < 1.29 is 24.2 Å². The molecule has 1 fully saturated rings. The van der Waals surface area contributed by atoms with E-state index < -0.39 is 17.9 Å². The van der Waals surface area contributed by atoms with Crippen molar-refractivity contribution in [3.63, 3.8) is 0 Å². The summed E-state index contributed by atoms with van der Waals surface area (Å²) in [6.45, 7) is 1.04. The summed E-state index contributed by atoms with van der Waals surface area (Å²) in [7, 11) is 1.56. The average molecular weight is 242 g/mol. The first kappa shape index (κ1) is 13.2. The zero-order valence-corrected chi connectivity index (χ0v) is 9.38. The molecule has 1 saturated heterocycles. The molecule has 0 aromatic heterocycles. The first-order valence-corrected chi connectivity index (χ1v) is 5.07. The van der Waals surface area contributed by atoms with Crippen LogP contribution in [0, 0.1) is 0 Å². The third-order valence-electron chi connectivity index (χ3n) is 2.38. The van der Waals surface area contributed by atoms with Crippen LogP contribution in [-0.2, 0) is 14.3 Å². The van der Waals surface area contributed by atoms with E-state index in [-0.39, 0.29) is 6.04 Å². The maximum absolute atomic E-state index is 11.5. The van der Waals surface area contributed by atoms with Gasteiger partial charge in [-0.15, -0.1) is 0 Å². The van der Waals surface area contributed by atoms with Gasteiger partial charge in [-0.2, -0.15) is 0 Å². The second-order valence-electron chi connectivity index (χ2n) is 3.59. The minimum Gasteiger partial charge on any atom is -0.478 e. The van der Waals surface area contributed by atoms with E-state index >= 15 is 0 Å². The van der Waals surface area contributed by atoms with Crippen LogP contribution in [0.5, 0.6) is 0 Å². The normalized spacial score (nSPS) is 19.2. The number of urea groups is 1. The van der Waals surface area contributed by atoms with Crippen LogP contribution in [0.4, 0.5) is 4.79 Å². The predicted octanol–water partition coefficient (Wildman–Crippen LogP) is -0.416. The molecule has 1 unspecified atom stereocenters. The fraction of sp³-hybridized carbons (Fsp3) is 0.500. The Kier molecular flexibility index (Phi) is 4.65. The standard InChI is InChI=1S/C10H14N2O5/c1-12(7-4-5-17-6-7)10(16)11-8(13)2-3-9(14)15/h2-3,7H,4-6H2,1H3,(H,14,15)(H,11,13,16)/b3-2+. The minimum atomic E-state index is -1.25. The van der Waals surface area contributed by atoms with Crippen LogP contribution in [0.2, 0.25) is 0 Å². The Morgan fingerprint density at radius 1 is 1.41 bits per heavy atom. The van der Waals surface area contributed by atoms with E-state index in [1.807, 2.05) is 0 Å². The summed E-state index contributed by atoms with van der Waals surface area (Å²) in [6.07, 6.45) is 2.18. The lowest BCUT2D eigenvalue weighted by atomic mass is 10.2. The third kappa shape index (κ3) is 4.23. The fourth-order valence-corrected chi connectivity index (χ4v) is 1.38. The molecular formula is C10H14N2O5. The van der Waals surface area contributed by atoms with Crippen LogP contribution >= 0.6 is 0 Å². The average Bonchev–Trinajstić information content (AvgIpc) is 2.78. The number of hydrogen-bond acceptors (Lipinski definition) is 4. The van der Waals surface area contributed by atoms with Crippen molar-refractivity contribution >= 4 is 17.9 Å². The minimum absolute atomic E-state index is 0.0498. The van der Waals surface area contributed by atoms with E-state index in [4.69, 9.17) is 9.84 Å². The zero-order chi connectivity index (χ0) is 12.8. The first-order chi connectivity index (χ1) is 8.00. The molecule has 0 aromatic carbocycles. The lowest BCUT2D eigenvalue weighted by Crippen LogP contribution is -2.45. The number of ether oxygens (including phenoxy) is 1. The second-order valence-corrected chi connectivity index (χ2v) is 3.59. The topological polar surface area (TPSA) is 95.9 Å². The maximum Gasteiger partial charge on any atom is 0.328 e. The molecule has 1 heterocycles. The van der Waals surface area contributed by atoms with Gasteiger partial charge in [0.2, 0.25) is 0 Å². The van der Waals surface area contributed by atoms with Gasteiger partial charge >= 0.3 is 12.0 Å². The molecule has 1 rings (SSSR count). The number of nitrogens with one attached hydrogen (secondary N) is 1. The second kappa shape index (κ2) is 6.00. The fourth-order valence-electron chi connectivity index (χ4n) is 1.38. The van der Waals surface area contributed by atoms with Crippen molar-refractivity contribution in [1.29, 1.82) is 0 Å². The molecule has 1 aliphatic rings. The van der Waals surface area contributed by atoms with Gasteiger partial charge in [0.05, 0.1) is 12.6 Å². The first-order valence-electron chi connectivity index (χ1n) is 5.07. The summed E-state index contributed by atoms with van der Waals surface area (Å²) in [5, 5.41) is 10.4. The number of carboxylic acids is 1. The van der Waals surface area contributed by atoms with E-state index in [0.29, 0.717) is 19.3 Å². The number of carbonyl (C=O) groups excluding carboxylic acids is 2. The molecule has 3 amide bonds. The van der Waals surface area contributed by atoms with Gasteiger partial charge in [-0.25, -0.2) is 9.59 Å². The zero-order valence-electron chi connectivity index (χ0n) is 9.38. The lowest BCUT2D eigenvalue weighted by molar-refractivity contribution is -0.131. The molecule has 0 radical (unpaired) electrons. The monoisotopic (exact) mass is 242 g/mol. The van der Waals surface area contributed by atoms with Crippen LogP contribution in [-0.4, -0.2) is 54.2 Å². The molecule has 17 heavy (non-hydrogen) atoms. The maximum atomic E-state index is 11.5. The number of likely N-dealkylation sites (N-methyl/N-ethyl adjacent to an activating group) is 1. The number of imide groups is 1. The molecule has 0 aliphatic carbocycles. The molecule has 1 atom stereocenters. The van der Waals surface area contributed by atoms with Gasteiger partial charge < -0.3 is 14.7 Å². The van der Waals surface area contributed by atoms with Crippen LogP contribution in [0.15, 0.2) is 12.2 Å². The van der Waals surface area contributed by atoms with Gasteiger partial charge in [-0.3, -0.25) is 10.1 Å². The number of carbonyl (C=O) groups is 3. The van der Waals surface area contributed by atoms with Crippen molar-refractivity contribution in [3.8, 4) is 0 Å². The van der Waals surface area contributed by atoms with Crippen molar-refractivity contribution in [1.82, 2.24) is 10.2 Å².